The van der Waals surface area contributed by atoms with E-state index < -0.39 is 6.43 Å². The van der Waals surface area contributed by atoms with Crippen LogP contribution in [0.15, 0.2) is 24.7 Å². The molecular weight excluding hydrogens is 316 g/mol. The Labute approximate surface area is 136 Å². The average Bonchev–Trinajstić information content (AvgIpc) is 3.33. The lowest BCUT2D eigenvalue weighted by atomic mass is 9.96. The van der Waals surface area contributed by atoms with Gasteiger partial charge in [0.25, 0.3) is 6.43 Å². The molecule has 0 saturated heterocycles. The van der Waals surface area contributed by atoms with Crippen LogP contribution in [0.1, 0.15) is 50.3 Å². The van der Waals surface area contributed by atoms with E-state index in [1.54, 1.807) is 29.3 Å². The number of hydrogen-bond donors (Lipinski definition) is 1. The predicted molar refractivity (Wildman–Crippen MR) is 81.8 cm³/mol. The summed E-state index contributed by atoms with van der Waals surface area (Å²) in [6.07, 6.45) is 7.55. The first-order chi connectivity index (χ1) is 11.7. The van der Waals surface area contributed by atoms with Gasteiger partial charge in [0.15, 0.2) is 5.69 Å². The highest BCUT2D eigenvalue weighted by molar-refractivity contribution is 5.52. The fourth-order valence-electron chi connectivity index (χ4n) is 3.16. The number of aromatic nitrogens is 7. The number of H-pyrrole nitrogens is 1. The lowest BCUT2D eigenvalue weighted by Gasteiger charge is -2.21. The lowest BCUT2D eigenvalue weighted by Crippen LogP contribution is -2.13. The second-order valence-corrected chi connectivity index (χ2v) is 5.99. The number of alkyl halides is 2. The minimum Gasteiger partial charge on any atom is -0.276 e. The average molecular weight is 333 g/mol. The van der Waals surface area contributed by atoms with Gasteiger partial charge in [0.05, 0.1) is 24.1 Å². The summed E-state index contributed by atoms with van der Waals surface area (Å²) >= 11 is 0. The Bertz CT molecular complexity index is 800. The Morgan fingerprint density at radius 1 is 1.17 bits per heavy atom. The summed E-state index contributed by atoms with van der Waals surface area (Å²) in [7, 11) is 0. The summed E-state index contributed by atoms with van der Waals surface area (Å²) in [6.45, 7) is 0. The first-order valence-electron chi connectivity index (χ1n) is 8.02. The zero-order valence-corrected chi connectivity index (χ0v) is 12.9. The molecule has 7 nitrogen and oxygen atoms in total. The molecule has 0 aliphatic heterocycles. The molecule has 0 spiro atoms. The number of hydrogen-bond acceptors (Lipinski definition) is 4. The molecule has 0 amide bonds. The molecule has 1 fully saturated rings. The monoisotopic (exact) mass is 333 g/mol. The van der Waals surface area contributed by atoms with E-state index in [1.807, 2.05) is 0 Å². The van der Waals surface area contributed by atoms with E-state index in [0.717, 1.165) is 25.7 Å². The molecule has 3 heterocycles. The van der Waals surface area contributed by atoms with Gasteiger partial charge < -0.3 is 0 Å². The van der Waals surface area contributed by atoms with Gasteiger partial charge in [-0.3, -0.25) is 9.78 Å². The summed E-state index contributed by atoms with van der Waals surface area (Å²) in [5.74, 6) is 0. The van der Waals surface area contributed by atoms with Crippen LogP contribution in [0.25, 0.3) is 17.1 Å². The van der Waals surface area contributed by atoms with Crippen molar-refractivity contribution in [2.24, 2.45) is 0 Å². The molecule has 1 saturated carbocycles. The maximum atomic E-state index is 13.4. The van der Waals surface area contributed by atoms with Crippen molar-refractivity contribution in [2.45, 2.75) is 44.6 Å². The maximum absolute atomic E-state index is 13.4. The molecular formula is C15H17F2N7. The minimum absolute atomic E-state index is 0.181. The topological polar surface area (TPSA) is 77.2 Å². The maximum Gasteiger partial charge on any atom is 0.284 e. The van der Waals surface area contributed by atoms with Gasteiger partial charge >= 0.3 is 0 Å². The fourth-order valence-corrected chi connectivity index (χ4v) is 3.16. The summed E-state index contributed by atoms with van der Waals surface area (Å²) in [5, 5.41) is 18.8. The highest BCUT2D eigenvalue weighted by Gasteiger charge is 2.24. The van der Waals surface area contributed by atoms with Gasteiger partial charge in [-0.05, 0) is 18.9 Å². The van der Waals surface area contributed by atoms with E-state index in [9.17, 15) is 8.78 Å². The molecule has 24 heavy (non-hydrogen) atoms. The van der Waals surface area contributed by atoms with Crippen LogP contribution in [0.2, 0.25) is 0 Å². The summed E-state index contributed by atoms with van der Waals surface area (Å²) in [5.41, 5.74) is 1.23. The Kier molecular flexibility index (Phi) is 3.83. The van der Waals surface area contributed by atoms with E-state index in [4.69, 9.17) is 0 Å². The lowest BCUT2D eigenvalue weighted by molar-refractivity contribution is 0.143. The molecule has 1 N–H and O–H groups in total. The van der Waals surface area contributed by atoms with Crippen molar-refractivity contribution in [1.29, 1.82) is 0 Å². The van der Waals surface area contributed by atoms with Crippen LogP contribution in [0.5, 0.6) is 0 Å². The summed E-state index contributed by atoms with van der Waals surface area (Å²) in [4.78, 5) is 0. The normalized spacial score (nSPS) is 16.1. The Morgan fingerprint density at radius 3 is 2.71 bits per heavy atom. The third-order valence-electron chi connectivity index (χ3n) is 4.41. The molecule has 126 valence electrons. The Hall–Kier alpha value is -2.58. The number of aromatic amines is 1. The molecule has 4 rings (SSSR count). The van der Waals surface area contributed by atoms with Crippen LogP contribution >= 0.6 is 0 Å². The Balaban J connectivity index is 1.70. The number of rotatable bonds is 4. The molecule has 3 aromatic heterocycles. The predicted octanol–water partition coefficient (Wildman–Crippen LogP) is 3.30. The SMILES string of the molecule is FC(F)c1nn(C2CCCCC2)cc1-n1cc(-c2ccn[nH]2)nn1. The molecule has 3 aromatic rings. The van der Waals surface area contributed by atoms with Crippen LogP contribution in [0.3, 0.4) is 0 Å². The fraction of sp³-hybridized carbons (Fsp3) is 0.467. The number of nitrogens with zero attached hydrogens (tertiary/aromatic N) is 6. The summed E-state index contributed by atoms with van der Waals surface area (Å²) in [6, 6.07) is 1.92. The van der Waals surface area contributed by atoms with Crippen molar-refractivity contribution in [3.63, 3.8) is 0 Å². The van der Waals surface area contributed by atoms with Crippen LogP contribution in [0.4, 0.5) is 8.78 Å². The number of halogens is 2. The smallest absolute Gasteiger partial charge is 0.276 e. The second kappa shape index (κ2) is 6.14. The van der Waals surface area contributed by atoms with Crippen LogP contribution < -0.4 is 0 Å². The van der Waals surface area contributed by atoms with Gasteiger partial charge in [0.2, 0.25) is 0 Å². The van der Waals surface area contributed by atoms with Crippen molar-refractivity contribution in [1.82, 2.24) is 35.0 Å². The van der Waals surface area contributed by atoms with E-state index in [2.05, 4.69) is 25.6 Å². The van der Waals surface area contributed by atoms with Gasteiger partial charge in [-0.1, -0.05) is 24.5 Å². The van der Waals surface area contributed by atoms with Crippen molar-refractivity contribution < 1.29 is 8.78 Å². The molecule has 0 bridgehead atoms. The van der Waals surface area contributed by atoms with Gasteiger partial charge in [-0.2, -0.15) is 10.2 Å². The largest absolute Gasteiger partial charge is 0.284 e. The van der Waals surface area contributed by atoms with Crippen molar-refractivity contribution in [3.8, 4) is 17.1 Å². The van der Waals surface area contributed by atoms with Crippen molar-refractivity contribution in [3.05, 3.63) is 30.4 Å². The molecule has 0 aromatic carbocycles. The second-order valence-electron chi connectivity index (χ2n) is 5.99. The van der Waals surface area contributed by atoms with Crippen LogP contribution in [-0.4, -0.2) is 35.0 Å². The van der Waals surface area contributed by atoms with Crippen LogP contribution in [0, 0.1) is 0 Å². The zero-order valence-electron chi connectivity index (χ0n) is 12.9. The van der Waals surface area contributed by atoms with Gasteiger partial charge in [0, 0.05) is 6.20 Å². The molecule has 0 atom stereocenters. The van der Waals surface area contributed by atoms with E-state index in [1.165, 1.54) is 11.1 Å². The van der Waals surface area contributed by atoms with Crippen LogP contribution in [-0.2, 0) is 0 Å². The highest BCUT2D eigenvalue weighted by atomic mass is 19.3. The van der Waals surface area contributed by atoms with E-state index in [-0.39, 0.29) is 17.4 Å². The third-order valence-corrected chi connectivity index (χ3v) is 4.41. The molecule has 1 aliphatic carbocycles. The Morgan fingerprint density at radius 2 is 2.00 bits per heavy atom. The number of nitrogens with one attached hydrogen (secondary N) is 1. The van der Waals surface area contributed by atoms with Crippen molar-refractivity contribution in [2.75, 3.05) is 0 Å². The van der Waals surface area contributed by atoms with E-state index in [0.29, 0.717) is 11.4 Å². The highest BCUT2D eigenvalue weighted by Crippen LogP contribution is 2.31. The minimum atomic E-state index is -2.66. The van der Waals surface area contributed by atoms with Crippen molar-refractivity contribution >= 4 is 0 Å². The zero-order chi connectivity index (χ0) is 16.5. The van der Waals surface area contributed by atoms with E-state index >= 15 is 0 Å². The molecule has 9 heteroatoms. The first-order valence-corrected chi connectivity index (χ1v) is 8.02. The standard InChI is InChI=1S/C15H17F2N7/c16-15(17)14-13(9-23(21-14)10-4-2-1-3-5-10)24-8-12(20-22-24)11-6-7-18-19-11/h6-10,15H,1-5H2,(H,18,19). The van der Waals surface area contributed by atoms with Gasteiger partial charge in [-0.25, -0.2) is 13.5 Å². The van der Waals surface area contributed by atoms with Gasteiger partial charge in [-0.15, -0.1) is 5.10 Å². The summed E-state index contributed by atoms with van der Waals surface area (Å²) < 4.78 is 29.9. The third kappa shape index (κ3) is 2.70. The molecule has 0 unspecified atom stereocenters. The quantitative estimate of drug-likeness (QED) is 0.795. The first kappa shape index (κ1) is 15.0. The molecule has 1 aliphatic rings. The molecule has 0 radical (unpaired) electrons. The van der Waals surface area contributed by atoms with Gasteiger partial charge in [0.1, 0.15) is 11.4 Å².